The number of nitrogens with one attached hydrogen (secondary N) is 1. The fourth-order valence-corrected chi connectivity index (χ4v) is 2.01. The van der Waals surface area contributed by atoms with Crippen molar-refractivity contribution in [2.75, 3.05) is 12.8 Å². The third kappa shape index (κ3) is 4.96. The molecule has 0 heterocycles. The normalized spacial score (nSPS) is 16.5. The van der Waals surface area contributed by atoms with E-state index in [0.29, 0.717) is 0 Å². The van der Waals surface area contributed by atoms with Gasteiger partial charge in [0.15, 0.2) is 0 Å². The maximum absolute atomic E-state index is 13.0. The Hall–Kier alpha value is -0.740. The van der Waals surface area contributed by atoms with Gasteiger partial charge in [0.25, 0.3) is 0 Å². The molecule has 1 N–H and O–H groups in total. The first-order valence-corrected chi connectivity index (χ1v) is 7.44. The number of hydrogen-bond donors (Lipinski definition) is 1. The van der Waals surface area contributed by atoms with E-state index in [1.165, 1.54) is 6.07 Å². The molecule has 96 valence electrons. The Bertz CT molecular complexity index is 383. The van der Waals surface area contributed by atoms with Gasteiger partial charge < -0.3 is 5.32 Å². The van der Waals surface area contributed by atoms with Crippen molar-refractivity contribution >= 4 is 10.8 Å². The van der Waals surface area contributed by atoms with Gasteiger partial charge in [-0.05, 0) is 37.6 Å². The van der Waals surface area contributed by atoms with Crippen LogP contribution in [0.1, 0.15) is 31.9 Å². The van der Waals surface area contributed by atoms with Gasteiger partial charge in [-0.3, -0.25) is 4.21 Å². The predicted octanol–water partition coefficient (Wildman–Crippen LogP) is 2.63. The lowest BCUT2D eigenvalue weighted by atomic mass is 10.1. The van der Waals surface area contributed by atoms with Crippen molar-refractivity contribution in [2.45, 2.75) is 31.6 Å². The Morgan fingerprint density at radius 3 is 2.71 bits per heavy atom. The van der Waals surface area contributed by atoms with Crippen LogP contribution in [0.15, 0.2) is 24.3 Å². The summed E-state index contributed by atoms with van der Waals surface area (Å²) in [5.74, 6) is -0.209. The van der Waals surface area contributed by atoms with Crippen molar-refractivity contribution in [1.82, 2.24) is 5.32 Å². The molecule has 0 aliphatic heterocycles. The predicted molar refractivity (Wildman–Crippen MR) is 71.0 cm³/mol. The molecule has 0 aromatic heterocycles. The van der Waals surface area contributed by atoms with Gasteiger partial charge in [-0.25, -0.2) is 4.39 Å². The molecule has 0 saturated heterocycles. The van der Waals surface area contributed by atoms with E-state index in [1.54, 1.807) is 18.4 Å². The van der Waals surface area contributed by atoms with E-state index in [0.717, 1.165) is 18.5 Å². The quantitative estimate of drug-likeness (QED) is 0.849. The second-order valence-corrected chi connectivity index (χ2v) is 6.13. The summed E-state index contributed by atoms with van der Waals surface area (Å²) in [6.45, 7) is 4.77. The summed E-state index contributed by atoms with van der Waals surface area (Å²) in [6, 6.07) is 6.72. The molecule has 1 rings (SSSR count). The van der Waals surface area contributed by atoms with E-state index in [9.17, 15) is 8.60 Å². The minimum Gasteiger partial charge on any atom is -0.310 e. The van der Waals surface area contributed by atoms with E-state index in [4.69, 9.17) is 0 Å². The molecule has 0 amide bonds. The minimum absolute atomic E-state index is 0.114. The summed E-state index contributed by atoms with van der Waals surface area (Å²) >= 11 is 0. The molecule has 17 heavy (non-hydrogen) atoms. The van der Waals surface area contributed by atoms with E-state index in [2.05, 4.69) is 5.32 Å². The molecule has 0 aliphatic carbocycles. The van der Waals surface area contributed by atoms with Gasteiger partial charge >= 0.3 is 0 Å². The van der Waals surface area contributed by atoms with E-state index in [1.807, 2.05) is 19.9 Å². The van der Waals surface area contributed by atoms with E-state index >= 15 is 0 Å². The molecule has 0 spiro atoms. The molecule has 0 fully saturated rings. The molecule has 0 radical (unpaired) electrons. The van der Waals surface area contributed by atoms with Gasteiger partial charge in [0, 0.05) is 28.3 Å². The highest BCUT2D eigenvalue weighted by molar-refractivity contribution is 7.84. The van der Waals surface area contributed by atoms with Crippen molar-refractivity contribution in [3.05, 3.63) is 35.6 Å². The topological polar surface area (TPSA) is 29.1 Å². The van der Waals surface area contributed by atoms with Crippen LogP contribution in [-0.2, 0) is 10.8 Å². The van der Waals surface area contributed by atoms with Crippen molar-refractivity contribution in [1.29, 1.82) is 0 Å². The molecule has 0 bridgehead atoms. The lowest BCUT2D eigenvalue weighted by Gasteiger charge is -2.15. The highest BCUT2D eigenvalue weighted by atomic mass is 32.2. The first-order chi connectivity index (χ1) is 8.00. The van der Waals surface area contributed by atoms with Gasteiger partial charge in [0.2, 0.25) is 0 Å². The van der Waals surface area contributed by atoms with Gasteiger partial charge in [-0.15, -0.1) is 0 Å². The molecule has 1 aromatic carbocycles. The molecule has 2 nitrogen and oxygen atoms in total. The number of hydrogen-bond acceptors (Lipinski definition) is 2. The molecule has 0 unspecified atom stereocenters. The highest BCUT2D eigenvalue weighted by Gasteiger charge is 2.08. The zero-order chi connectivity index (χ0) is 12.8. The largest absolute Gasteiger partial charge is 0.310 e. The lowest BCUT2D eigenvalue weighted by Crippen LogP contribution is -2.24. The number of halogens is 1. The van der Waals surface area contributed by atoms with Crippen LogP contribution in [-0.4, -0.2) is 22.3 Å². The second kappa shape index (κ2) is 6.87. The summed E-state index contributed by atoms with van der Waals surface area (Å²) in [5.41, 5.74) is 0.940. The molecular weight excluding hydrogens is 237 g/mol. The Balaban J connectivity index is 2.40. The Morgan fingerprint density at radius 1 is 1.41 bits per heavy atom. The highest BCUT2D eigenvalue weighted by Crippen LogP contribution is 2.13. The first-order valence-electron chi connectivity index (χ1n) is 5.81. The monoisotopic (exact) mass is 257 g/mol. The van der Waals surface area contributed by atoms with Crippen LogP contribution >= 0.6 is 0 Å². The molecule has 3 atom stereocenters. The molecule has 4 heteroatoms. The summed E-state index contributed by atoms with van der Waals surface area (Å²) in [6.07, 6.45) is 2.59. The number of benzene rings is 1. The van der Waals surface area contributed by atoms with Crippen molar-refractivity contribution in [2.24, 2.45) is 0 Å². The van der Waals surface area contributed by atoms with Gasteiger partial charge in [-0.2, -0.15) is 0 Å². The van der Waals surface area contributed by atoms with E-state index in [-0.39, 0.29) is 17.1 Å². The van der Waals surface area contributed by atoms with Gasteiger partial charge in [0.1, 0.15) is 5.82 Å². The van der Waals surface area contributed by atoms with Crippen LogP contribution in [0.4, 0.5) is 4.39 Å². The molecular formula is C13H20FNOS. The zero-order valence-electron chi connectivity index (χ0n) is 10.6. The fraction of sp³-hybridized carbons (Fsp3) is 0.538. The van der Waals surface area contributed by atoms with Crippen molar-refractivity contribution in [3.63, 3.8) is 0 Å². The van der Waals surface area contributed by atoms with Crippen LogP contribution in [0, 0.1) is 5.82 Å². The maximum atomic E-state index is 13.0. The molecule has 0 aliphatic rings. The van der Waals surface area contributed by atoms with Crippen LogP contribution in [0.5, 0.6) is 0 Å². The minimum atomic E-state index is -0.773. The van der Waals surface area contributed by atoms with Crippen LogP contribution in [0.2, 0.25) is 0 Å². The first kappa shape index (κ1) is 14.3. The fourth-order valence-electron chi connectivity index (χ4n) is 1.56. The Kier molecular flexibility index (Phi) is 5.78. The Labute approximate surface area is 105 Å². The smallest absolute Gasteiger partial charge is 0.123 e. The average molecular weight is 257 g/mol. The second-order valence-electron chi connectivity index (χ2n) is 4.33. The van der Waals surface area contributed by atoms with Crippen molar-refractivity contribution in [3.8, 4) is 0 Å². The number of rotatable bonds is 6. The van der Waals surface area contributed by atoms with Gasteiger partial charge in [-0.1, -0.05) is 19.1 Å². The third-order valence-corrected chi connectivity index (χ3v) is 4.29. The summed E-state index contributed by atoms with van der Waals surface area (Å²) < 4.78 is 24.2. The molecule has 0 saturated carbocycles. The molecule has 1 aromatic rings. The van der Waals surface area contributed by atoms with Crippen LogP contribution in [0.25, 0.3) is 0 Å². The lowest BCUT2D eigenvalue weighted by molar-refractivity contribution is 0.548. The summed E-state index contributed by atoms with van der Waals surface area (Å²) in [7, 11) is -0.773. The van der Waals surface area contributed by atoms with Crippen LogP contribution < -0.4 is 5.32 Å². The zero-order valence-corrected chi connectivity index (χ0v) is 11.4. The maximum Gasteiger partial charge on any atom is 0.123 e. The van der Waals surface area contributed by atoms with Crippen molar-refractivity contribution < 1.29 is 8.60 Å². The third-order valence-electron chi connectivity index (χ3n) is 2.92. The SMILES string of the molecule is C[C@H](NCC[C@@H](C)[S@](C)=O)c1cccc(F)c1. The summed E-state index contributed by atoms with van der Waals surface area (Å²) in [5, 5.41) is 3.51. The summed E-state index contributed by atoms with van der Waals surface area (Å²) in [4.78, 5) is 0. The standard InChI is InChI=1S/C13H20FNOS/c1-10(17(3)16)7-8-15-11(2)12-5-4-6-13(14)9-12/h4-6,9-11,15H,7-8H2,1-3H3/t10-,11+,17+/m1/s1. The van der Waals surface area contributed by atoms with E-state index < -0.39 is 10.8 Å². The Morgan fingerprint density at radius 2 is 2.12 bits per heavy atom. The van der Waals surface area contributed by atoms with Gasteiger partial charge in [0.05, 0.1) is 0 Å². The average Bonchev–Trinajstić information content (AvgIpc) is 2.28. The van der Waals surface area contributed by atoms with Crippen LogP contribution in [0.3, 0.4) is 0 Å².